The van der Waals surface area contributed by atoms with Crippen LogP contribution in [0.25, 0.3) is 0 Å². The first-order chi connectivity index (χ1) is 10.9. The maximum atomic E-state index is 11.7. The van der Waals surface area contributed by atoms with E-state index in [0.29, 0.717) is 12.1 Å². The van der Waals surface area contributed by atoms with E-state index in [1.807, 2.05) is 20.8 Å². The number of aliphatic imine (C=N–C) groups is 1. The van der Waals surface area contributed by atoms with Crippen molar-refractivity contribution in [2.45, 2.75) is 51.7 Å². The van der Waals surface area contributed by atoms with Crippen LogP contribution in [0.4, 0.5) is 0 Å². The molecule has 1 aliphatic rings. The minimum Gasteiger partial charge on any atom is -0.381 e. The fourth-order valence-corrected chi connectivity index (χ4v) is 2.22. The Morgan fingerprint density at radius 3 is 2.50 bits per heavy atom. The standard InChI is InChI=1S/C16H32N4O3.HI/c1-16(2,3)20-14(21)12-19-15(17-4)18-8-5-9-23-13-6-10-22-11-7-13;/h13H,5-12H2,1-4H3,(H,20,21)(H2,17,18,19);1H. The van der Waals surface area contributed by atoms with E-state index in [4.69, 9.17) is 9.47 Å². The van der Waals surface area contributed by atoms with Crippen LogP contribution in [0.2, 0.25) is 0 Å². The Kier molecular flexibility index (Phi) is 12.4. The van der Waals surface area contributed by atoms with Gasteiger partial charge in [-0.15, -0.1) is 24.0 Å². The summed E-state index contributed by atoms with van der Waals surface area (Å²) in [5.74, 6) is 0.573. The summed E-state index contributed by atoms with van der Waals surface area (Å²) in [7, 11) is 1.69. The van der Waals surface area contributed by atoms with Crippen molar-refractivity contribution in [1.29, 1.82) is 0 Å². The van der Waals surface area contributed by atoms with Gasteiger partial charge in [0.1, 0.15) is 0 Å². The first kappa shape index (κ1) is 23.4. The van der Waals surface area contributed by atoms with Crippen molar-refractivity contribution in [3.63, 3.8) is 0 Å². The molecule has 0 aromatic heterocycles. The van der Waals surface area contributed by atoms with Crippen molar-refractivity contribution in [3.05, 3.63) is 0 Å². The fourth-order valence-electron chi connectivity index (χ4n) is 2.22. The third-order valence-corrected chi connectivity index (χ3v) is 3.29. The Bertz CT molecular complexity index is 380. The predicted molar refractivity (Wildman–Crippen MR) is 107 cm³/mol. The van der Waals surface area contributed by atoms with Gasteiger partial charge in [-0.2, -0.15) is 0 Å². The molecule has 0 aliphatic carbocycles. The Hall–Kier alpha value is -0.610. The van der Waals surface area contributed by atoms with Gasteiger partial charge in [-0.25, -0.2) is 0 Å². The number of rotatable bonds is 7. The van der Waals surface area contributed by atoms with Crippen LogP contribution in [0.5, 0.6) is 0 Å². The summed E-state index contributed by atoms with van der Waals surface area (Å²) < 4.78 is 11.1. The number of carbonyl (C=O) groups excluding carboxylic acids is 1. The molecule has 3 N–H and O–H groups in total. The molecule has 0 radical (unpaired) electrons. The third kappa shape index (κ3) is 11.9. The lowest BCUT2D eigenvalue weighted by atomic mass is 10.1. The highest BCUT2D eigenvalue weighted by Crippen LogP contribution is 2.10. The SMILES string of the molecule is CN=C(NCCCOC1CCOCC1)NCC(=O)NC(C)(C)C.I. The summed E-state index contributed by atoms with van der Waals surface area (Å²) in [5.41, 5.74) is -0.225. The highest BCUT2D eigenvalue weighted by Gasteiger charge is 2.14. The molecule has 1 rings (SSSR count). The molecule has 1 heterocycles. The van der Waals surface area contributed by atoms with E-state index in [-0.39, 0.29) is 42.0 Å². The number of guanidine groups is 1. The maximum absolute atomic E-state index is 11.7. The van der Waals surface area contributed by atoms with Crippen molar-refractivity contribution in [1.82, 2.24) is 16.0 Å². The van der Waals surface area contributed by atoms with Crippen molar-refractivity contribution in [2.24, 2.45) is 4.99 Å². The Morgan fingerprint density at radius 2 is 1.92 bits per heavy atom. The Balaban J connectivity index is 0.00000529. The van der Waals surface area contributed by atoms with Crippen LogP contribution in [0.15, 0.2) is 4.99 Å². The second-order valence-corrected chi connectivity index (χ2v) is 6.69. The van der Waals surface area contributed by atoms with Crippen molar-refractivity contribution < 1.29 is 14.3 Å². The lowest BCUT2D eigenvalue weighted by Crippen LogP contribution is -2.48. The van der Waals surface area contributed by atoms with Gasteiger partial charge >= 0.3 is 0 Å². The largest absolute Gasteiger partial charge is 0.381 e. The zero-order valence-electron chi connectivity index (χ0n) is 15.3. The molecule has 7 nitrogen and oxygen atoms in total. The van der Waals surface area contributed by atoms with E-state index in [1.165, 1.54) is 0 Å². The molecule has 1 aliphatic heterocycles. The molecule has 0 atom stereocenters. The molecule has 0 saturated carbocycles. The van der Waals surface area contributed by atoms with Crippen LogP contribution in [0.3, 0.4) is 0 Å². The molecule has 142 valence electrons. The molecular weight excluding hydrogens is 423 g/mol. The van der Waals surface area contributed by atoms with Crippen LogP contribution in [-0.4, -0.2) is 63.5 Å². The van der Waals surface area contributed by atoms with Crippen molar-refractivity contribution in [3.8, 4) is 0 Å². The number of hydrogen-bond donors (Lipinski definition) is 3. The number of hydrogen-bond acceptors (Lipinski definition) is 4. The highest BCUT2D eigenvalue weighted by molar-refractivity contribution is 14.0. The zero-order valence-corrected chi connectivity index (χ0v) is 17.6. The number of nitrogens with one attached hydrogen (secondary N) is 3. The predicted octanol–water partition coefficient (Wildman–Crippen LogP) is 1.27. The van der Waals surface area contributed by atoms with Gasteiger partial charge in [-0.3, -0.25) is 9.79 Å². The summed E-state index contributed by atoms with van der Waals surface area (Å²) in [5, 5.41) is 9.08. The monoisotopic (exact) mass is 456 g/mol. The van der Waals surface area contributed by atoms with E-state index < -0.39 is 0 Å². The molecule has 1 amide bonds. The average molecular weight is 456 g/mol. The van der Waals surface area contributed by atoms with Crippen molar-refractivity contribution >= 4 is 35.8 Å². The quantitative estimate of drug-likeness (QED) is 0.233. The Morgan fingerprint density at radius 1 is 1.25 bits per heavy atom. The smallest absolute Gasteiger partial charge is 0.239 e. The first-order valence-corrected chi connectivity index (χ1v) is 8.35. The van der Waals surface area contributed by atoms with Crippen LogP contribution in [0, 0.1) is 0 Å². The van der Waals surface area contributed by atoms with Crippen LogP contribution in [0.1, 0.15) is 40.0 Å². The molecule has 1 saturated heterocycles. The van der Waals surface area contributed by atoms with E-state index in [9.17, 15) is 4.79 Å². The summed E-state index contributed by atoms with van der Waals surface area (Å²) in [6, 6.07) is 0. The molecule has 24 heavy (non-hydrogen) atoms. The van der Waals surface area contributed by atoms with Gasteiger partial charge in [-0.1, -0.05) is 0 Å². The minimum absolute atomic E-state index is 0. The molecule has 0 aromatic carbocycles. The number of halogens is 1. The highest BCUT2D eigenvalue weighted by atomic mass is 127. The molecule has 8 heteroatoms. The van der Waals surface area contributed by atoms with E-state index in [2.05, 4.69) is 20.9 Å². The molecular formula is C16H33IN4O3. The average Bonchev–Trinajstić information content (AvgIpc) is 2.49. The van der Waals surface area contributed by atoms with E-state index in [0.717, 1.165) is 45.6 Å². The summed E-state index contributed by atoms with van der Waals surface area (Å²) in [6.45, 7) is 9.15. The van der Waals surface area contributed by atoms with Gasteiger partial charge in [0.2, 0.25) is 5.91 Å². The van der Waals surface area contributed by atoms with Gasteiger partial charge in [-0.05, 0) is 40.0 Å². The van der Waals surface area contributed by atoms with Gasteiger partial charge in [0.05, 0.1) is 12.6 Å². The van der Waals surface area contributed by atoms with Crippen LogP contribution < -0.4 is 16.0 Å². The molecule has 0 aromatic rings. The second kappa shape index (κ2) is 12.7. The summed E-state index contributed by atoms with van der Waals surface area (Å²) in [6.07, 6.45) is 3.20. The van der Waals surface area contributed by atoms with E-state index >= 15 is 0 Å². The van der Waals surface area contributed by atoms with E-state index in [1.54, 1.807) is 7.05 Å². The molecule has 0 bridgehead atoms. The Labute approximate surface area is 162 Å². The van der Waals surface area contributed by atoms with Gasteiger partial charge < -0.3 is 25.4 Å². The van der Waals surface area contributed by atoms with Gasteiger partial charge in [0.25, 0.3) is 0 Å². The number of ether oxygens (including phenoxy) is 2. The maximum Gasteiger partial charge on any atom is 0.239 e. The number of amides is 1. The van der Waals surface area contributed by atoms with Crippen molar-refractivity contribution in [2.75, 3.05) is 40.0 Å². The lowest BCUT2D eigenvalue weighted by Gasteiger charge is -2.22. The topological polar surface area (TPSA) is 84.0 Å². The zero-order chi connectivity index (χ0) is 17.1. The first-order valence-electron chi connectivity index (χ1n) is 8.35. The van der Waals surface area contributed by atoms with Gasteiger partial charge in [0.15, 0.2) is 5.96 Å². The minimum atomic E-state index is -0.225. The molecule has 0 spiro atoms. The van der Waals surface area contributed by atoms with Crippen LogP contribution in [-0.2, 0) is 14.3 Å². The summed E-state index contributed by atoms with van der Waals surface area (Å²) >= 11 is 0. The lowest BCUT2D eigenvalue weighted by molar-refractivity contribution is -0.121. The third-order valence-electron chi connectivity index (χ3n) is 3.29. The number of carbonyl (C=O) groups is 1. The van der Waals surface area contributed by atoms with Crippen LogP contribution >= 0.6 is 24.0 Å². The van der Waals surface area contributed by atoms with Gasteiger partial charge in [0, 0.05) is 39.0 Å². The molecule has 1 fully saturated rings. The number of nitrogens with zero attached hydrogens (tertiary/aromatic N) is 1. The molecule has 0 unspecified atom stereocenters. The summed E-state index contributed by atoms with van der Waals surface area (Å²) in [4.78, 5) is 15.8. The second-order valence-electron chi connectivity index (χ2n) is 6.69. The normalized spacial score (nSPS) is 16.2. The fraction of sp³-hybridized carbons (Fsp3) is 0.875.